The highest BCUT2D eigenvalue weighted by Crippen LogP contribution is 2.32. The fourth-order valence-corrected chi connectivity index (χ4v) is 4.43. The highest BCUT2D eigenvalue weighted by molar-refractivity contribution is 7.89. The Labute approximate surface area is 135 Å². The zero-order valence-corrected chi connectivity index (χ0v) is 14.1. The SMILES string of the molecule is CC(C)c1ccc(S(=O)(=O)NC2CC(CC(=O)O)C2)cc1Cl. The van der Waals surface area contributed by atoms with Crippen LogP contribution in [0.2, 0.25) is 5.02 Å². The number of halogens is 1. The first-order chi connectivity index (χ1) is 10.2. The molecule has 0 heterocycles. The maximum absolute atomic E-state index is 12.3. The lowest BCUT2D eigenvalue weighted by molar-refractivity contribution is -0.138. The number of benzene rings is 1. The molecule has 0 aliphatic heterocycles. The van der Waals surface area contributed by atoms with Gasteiger partial charge in [0.1, 0.15) is 0 Å². The number of hydrogen-bond donors (Lipinski definition) is 2. The topological polar surface area (TPSA) is 83.5 Å². The summed E-state index contributed by atoms with van der Waals surface area (Å²) in [5.74, 6) is -0.569. The van der Waals surface area contributed by atoms with Crippen LogP contribution in [0.15, 0.2) is 23.1 Å². The summed E-state index contributed by atoms with van der Waals surface area (Å²) in [6.07, 6.45) is 1.21. The van der Waals surface area contributed by atoms with Crippen LogP contribution in [0.3, 0.4) is 0 Å². The molecule has 0 bridgehead atoms. The Morgan fingerprint density at radius 3 is 2.55 bits per heavy atom. The molecule has 0 spiro atoms. The Balaban J connectivity index is 2.03. The van der Waals surface area contributed by atoms with E-state index in [0.717, 1.165) is 5.56 Å². The summed E-state index contributed by atoms with van der Waals surface area (Å²) in [7, 11) is -3.62. The van der Waals surface area contributed by atoms with E-state index in [2.05, 4.69) is 4.72 Å². The van der Waals surface area contributed by atoms with Gasteiger partial charge in [-0.25, -0.2) is 13.1 Å². The van der Waals surface area contributed by atoms with Crippen LogP contribution in [-0.2, 0) is 14.8 Å². The lowest BCUT2D eigenvalue weighted by atomic mass is 9.79. The zero-order valence-electron chi connectivity index (χ0n) is 12.5. The van der Waals surface area contributed by atoms with Crippen molar-refractivity contribution >= 4 is 27.6 Å². The lowest BCUT2D eigenvalue weighted by Crippen LogP contribution is -2.44. The van der Waals surface area contributed by atoms with Crippen molar-refractivity contribution < 1.29 is 18.3 Å². The average Bonchev–Trinajstić information content (AvgIpc) is 2.34. The van der Waals surface area contributed by atoms with E-state index in [4.69, 9.17) is 16.7 Å². The summed E-state index contributed by atoms with van der Waals surface area (Å²) in [4.78, 5) is 10.7. The molecule has 1 aromatic carbocycles. The molecule has 0 saturated heterocycles. The second kappa shape index (κ2) is 6.56. The molecule has 22 heavy (non-hydrogen) atoms. The third-order valence-electron chi connectivity index (χ3n) is 3.93. The van der Waals surface area contributed by atoms with Crippen LogP contribution in [0.5, 0.6) is 0 Å². The molecule has 2 rings (SSSR count). The van der Waals surface area contributed by atoms with E-state index in [1.165, 1.54) is 6.07 Å². The van der Waals surface area contributed by atoms with Gasteiger partial charge in [0.25, 0.3) is 0 Å². The molecule has 0 atom stereocenters. The Morgan fingerprint density at radius 1 is 1.41 bits per heavy atom. The van der Waals surface area contributed by atoms with E-state index in [9.17, 15) is 13.2 Å². The molecule has 2 N–H and O–H groups in total. The number of carbonyl (C=O) groups is 1. The van der Waals surface area contributed by atoms with Crippen molar-refractivity contribution in [2.45, 2.75) is 50.0 Å². The first kappa shape index (κ1) is 17.2. The van der Waals surface area contributed by atoms with Crippen LogP contribution in [0.25, 0.3) is 0 Å². The number of carboxylic acids is 1. The molecule has 1 fully saturated rings. The second-order valence-electron chi connectivity index (χ2n) is 6.09. The predicted molar refractivity (Wildman–Crippen MR) is 84.6 cm³/mol. The van der Waals surface area contributed by atoms with Gasteiger partial charge in [-0.05, 0) is 42.4 Å². The molecule has 7 heteroatoms. The van der Waals surface area contributed by atoms with Crippen LogP contribution in [0.4, 0.5) is 0 Å². The van der Waals surface area contributed by atoms with Crippen LogP contribution in [-0.4, -0.2) is 25.5 Å². The van der Waals surface area contributed by atoms with Crippen molar-refractivity contribution in [3.8, 4) is 0 Å². The number of aliphatic carboxylic acids is 1. The van der Waals surface area contributed by atoms with Crippen LogP contribution in [0, 0.1) is 5.92 Å². The van der Waals surface area contributed by atoms with Crippen molar-refractivity contribution in [3.05, 3.63) is 28.8 Å². The van der Waals surface area contributed by atoms with Gasteiger partial charge in [-0.2, -0.15) is 0 Å². The van der Waals surface area contributed by atoms with E-state index >= 15 is 0 Å². The summed E-state index contributed by atoms with van der Waals surface area (Å²) >= 11 is 6.14. The van der Waals surface area contributed by atoms with Crippen LogP contribution in [0.1, 0.15) is 44.6 Å². The van der Waals surface area contributed by atoms with Gasteiger partial charge in [-0.1, -0.05) is 31.5 Å². The zero-order chi connectivity index (χ0) is 16.5. The van der Waals surface area contributed by atoms with E-state index in [0.29, 0.717) is 17.9 Å². The highest BCUT2D eigenvalue weighted by atomic mass is 35.5. The number of nitrogens with one attached hydrogen (secondary N) is 1. The Bertz CT molecular complexity index is 666. The standard InChI is InChI=1S/C15H20ClNO4S/c1-9(2)13-4-3-12(8-14(13)16)22(20,21)17-11-5-10(6-11)7-15(18)19/h3-4,8-11,17H,5-7H2,1-2H3,(H,18,19). The quantitative estimate of drug-likeness (QED) is 0.830. The van der Waals surface area contributed by atoms with Crippen molar-refractivity contribution in [1.29, 1.82) is 0 Å². The fourth-order valence-electron chi connectivity index (χ4n) is 2.68. The van der Waals surface area contributed by atoms with E-state index < -0.39 is 16.0 Å². The molecular weight excluding hydrogens is 326 g/mol. The fraction of sp³-hybridized carbons (Fsp3) is 0.533. The molecule has 1 aromatic rings. The molecule has 122 valence electrons. The second-order valence-corrected chi connectivity index (χ2v) is 8.21. The van der Waals surface area contributed by atoms with Crippen LogP contribution >= 0.6 is 11.6 Å². The lowest BCUT2D eigenvalue weighted by Gasteiger charge is -2.34. The Morgan fingerprint density at radius 2 is 2.05 bits per heavy atom. The molecule has 1 saturated carbocycles. The minimum atomic E-state index is -3.62. The number of carboxylic acid groups (broad SMARTS) is 1. The van der Waals surface area contributed by atoms with Gasteiger partial charge in [0.15, 0.2) is 0 Å². The first-order valence-corrected chi connectivity index (χ1v) is 9.08. The molecule has 0 aromatic heterocycles. The van der Waals surface area contributed by atoms with Gasteiger partial charge in [-0.15, -0.1) is 0 Å². The smallest absolute Gasteiger partial charge is 0.303 e. The van der Waals surface area contributed by atoms with Gasteiger partial charge >= 0.3 is 5.97 Å². The first-order valence-electron chi connectivity index (χ1n) is 7.22. The summed E-state index contributed by atoms with van der Waals surface area (Å²) in [6, 6.07) is 4.55. The van der Waals surface area contributed by atoms with Crippen LogP contribution < -0.4 is 4.72 Å². The maximum atomic E-state index is 12.3. The highest BCUT2D eigenvalue weighted by Gasteiger charge is 2.33. The summed E-state index contributed by atoms with van der Waals surface area (Å²) in [6.45, 7) is 3.98. The third-order valence-corrected chi connectivity index (χ3v) is 5.77. The number of hydrogen-bond acceptors (Lipinski definition) is 3. The average molecular weight is 346 g/mol. The summed E-state index contributed by atoms with van der Waals surface area (Å²) in [5.41, 5.74) is 0.908. The van der Waals surface area contributed by atoms with Gasteiger partial charge in [-0.3, -0.25) is 4.79 Å². The Hall–Kier alpha value is -1.11. The minimum Gasteiger partial charge on any atom is -0.481 e. The molecular formula is C15H20ClNO4S. The monoisotopic (exact) mass is 345 g/mol. The summed E-state index contributed by atoms with van der Waals surface area (Å²) < 4.78 is 27.2. The molecule has 0 radical (unpaired) electrons. The molecule has 5 nitrogen and oxygen atoms in total. The van der Waals surface area contributed by atoms with E-state index in [1.807, 2.05) is 13.8 Å². The third kappa shape index (κ3) is 4.00. The molecule has 0 unspecified atom stereocenters. The predicted octanol–water partition coefficient (Wildman–Crippen LogP) is 3.00. The Kier molecular flexibility index (Phi) is 5.14. The number of rotatable bonds is 6. The number of sulfonamides is 1. The van der Waals surface area contributed by atoms with Gasteiger partial charge < -0.3 is 5.11 Å². The van der Waals surface area contributed by atoms with Crippen molar-refractivity contribution in [3.63, 3.8) is 0 Å². The van der Waals surface area contributed by atoms with Crippen molar-refractivity contribution in [1.82, 2.24) is 4.72 Å². The van der Waals surface area contributed by atoms with Crippen molar-refractivity contribution in [2.75, 3.05) is 0 Å². The van der Waals surface area contributed by atoms with Crippen molar-refractivity contribution in [2.24, 2.45) is 5.92 Å². The molecule has 0 amide bonds. The van der Waals surface area contributed by atoms with Gasteiger partial charge in [0, 0.05) is 17.5 Å². The maximum Gasteiger partial charge on any atom is 0.303 e. The van der Waals surface area contributed by atoms with Gasteiger partial charge in [0.2, 0.25) is 10.0 Å². The largest absolute Gasteiger partial charge is 0.481 e. The normalized spacial score (nSPS) is 21.6. The van der Waals surface area contributed by atoms with E-state index in [1.54, 1.807) is 12.1 Å². The van der Waals surface area contributed by atoms with E-state index in [-0.39, 0.29) is 29.2 Å². The molecule has 1 aliphatic rings. The summed E-state index contributed by atoms with van der Waals surface area (Å²) in [5, 5.41) is 9.13. The van der Waals surface area contributed by atoms with Gasteiger partial charge in [0.05, 0.1) is 4.90 Å². The minimum absolute atomic E-state index is 0.0529. The molecule has 1 aliphatic carbocycles.